The van der Waals surface area contributed by atoms with Gasteiger partial charge < -0.3 is 15.4 Å². The molecule has 2 N–H and O–H groups in total. The molecule has 6 nitrogen and oxygen atoms in total. The Labute approximate surface area is 154 Å². The molecular weight excluding hydrogens is 330 g/mol. The van der Waals surface area contributed by atoms with Crippen LogP contribution in [0.5, 0.6) is 5.88 Å². The standard InChI is InChI=1S/C20H25N3O3/c1-20(2,3)16-9-7-14(8-10-16)18(25)23-13-17(24)22-12-15-6-5-11-21-19(15)26-4/h5-11H,12-13H2,1-4H3,(H,22,24)(H,23,25). The SMILES string of the molecule is COc1ncccc1CNC(=O)CNC(=O)c1ccc(C(C)(C)C)cc1. The molecule has 0 saturated carbocycles. The Morgan fingerprint density at radius 3 is 2.38 bits per heavy atom. The van der Waals surface area contributed by atoms with Crippen LogP contribution in [0.2, 0.25) is 0 Å². The maximum absolute atomic E-state index is 12.2. The number of carbonyl (C=O) groups is 2. The maximum atomic E-state index is 12.2. The number of hydrogen-bond acceptors (Lipinski definition) is 4. The van der Waals surface area contributed by atoms with Crippen LogP contribution < -0.4 is 15.4 Å². The summed E-state index contributed by atoms with van der Waals surface area (Å²) in [5.41, 5.74) is 2.48. The normalized spacial score (nSPS) is 10.9. The summed E-state index contributed by atoms with van der Waals surface area (Å²) in [6, 6.07) is 11.0. The van der Waals surface area contributed by atoms with E-state index in [0.717, 1.165) is 11.1 Å². The molecule has 0 aliphatic carbocycles. The number of amides is 2. The number of hydrogen-bond donors (Lipinski definition) is 2. The van der Waals surface area contributed by atoms with Gasteiger partial charge in [-0.2, -0.15) is 0 Å². The number of aromatic nitrogens is 1. The number of pyridine rings is 1. The van der Waals surface area contributed by atoms with Crippen LogP contribution in [0.15, 0.2) is 42.6 Å². The lowest BCUT2D eigenvalue weighted by molar-refractivity contribution is -0.120. The van der Waals surface area contributed by atoms with Crippen molar-refractivity contribution < 1.29 is 14.3 Å². The quantitative estimate of drug-likeness (QED) is 0.834. The van der Waals surface area contributed by atoms with E-state index in [9.17, 15) is 9.59 Å². The van der Waals surface area contributed by atoms with Gasteiger partial charge in [0.15, 0.2) is 0 Å². The number of carbonyl (C=O) groups excluding carboxylic acids is 2. The van der Waals surface area contributed by atoms with E-state index in [0.29, 0.717) is 11.4 Å². The van der Waals surface area contributed by atoms with Crippen LogP contribution in [0.1, 0.15) is 42.3 Å². The summed E-state index contributed by atoms with van der Waals surface area (Å²) in [5, 5.41) is 5.36. The van der Waals surface area contributed by atoms with Crippen LogP contribution in [0.4, 0.5) is 0 Å². The second kappa shape index (κ2) is 8.47. The fraction of sp³-hybridized carbons (Fsp3) is 0.350. The fourth-order valence-corrected chi connectivity index (χ4v) is 2.38. The van der Waals surface area contributed by atoms with Gasteiger partial charge in [0.2, 0.25) is 11.8 Å². The smallest absolute Gasteiger partial charge is 0.251 e. The van der Waals surface area contributed by atoms with Crippen molar-refractivity contribution in [3.63, 3.8) is 0 Å². The number of ether oxygens (including phenoxy) is 1. The van der Waals surface area contributed by atoms with Gasteiger partial charge in [-0.15, -0.1) is 0 Å². The summed E-state index contributed by atoms with van der Waals surface area (Å²) in [4.78, 5) is 28.2. The van der Waals surface area contributed by atoms with Crippen LogP contribution in [-0.4, -0.2) is 30.5 Å². The van der Waals surface area contributed by atoms with Crippen molar-refractivity contribution in [2.24, 2.45) is 0 Å². The van der Waals surface area contributed by atoms with E-state index in [2.05, 4.69) is 36.4 Å². The molecule has 1 aromatic carbocycles. The lowest BCUT2D eigenvalue weighted by Crippen LogP contribution is -2.36. The summed E-state index contributed by atoms with van der Waals surface area (Å²) in [6.45, 7) is 6.53. The Balaban J connectivity index is 1.84. The minimum atomic E-state index is -0.282. The highest BCUT2D eigenvalue weighted by atomic mass is 16.5. The van der Waals surface area contributed by atoms with E-state index in [-0.39, 0.29) is 30.3 Å². The summed E-state index contributed by atoms with van der Waals surface area (Å²) in [5.74, 6) is -0.0918. The minimum absolute atomic E-state index is 0.0300. The third kappa shape index (κ3) is 5.31. The van der Waals surface area contributed by atoms with Crippen LogP contribution in [0.3, 0.4) is 0 Å². The first kappa shape index (κ1) is 19.4. The monoisotopic (exact) mass is 355 g/mol. The van der Waals surface area contributed by atoms with Crippen LogP contribution in [-0.2, 0) is 16.8 Å². The van der Waals surface area contributed by atoms with Gasteiger partial charge >= 0.3 is 0 Å². The summed E-state index contributed by atoms with van der Waals surface area (Å²) in [6.07, 6.45) is 1.62. The zero-order valence-corrected chi connectivity index (χ0v) is 15.6. The van der Waals surface area contributed by atoms with Gasteiger partial charge in [0, 0.05) is 23.9 Å². The fourth-order valence-electron chi connectivity index (χ4n) is 2.38. The Morgan fingerprint density at radius 1 is 1.08 bits per heavy atom. The second-order valence-electron chi connectivity index (χ2n) is 6.96. The van der Waals surface area contributed by atoms with E-state index in [4.69, 9.17) is 4.74 Å². The molecule has 138 valence electrons. The molecule has 1 aromatic heterocycles. The Bertz CT molecular complexity index is 765. The topological polar surface area (TPSA) is 80.3 Å². The molecule has 0 aliphatic heterocycles. The first-order valence-corrected chi connectivity index (χ1v) is 8.44. The Morgan fingerprint density at radius 2 is 1.77 bits per heavy atom. The minimum Gasteiger partial charge on any atom is -0.481 e. The average Bonchev–Trinajstić information content (AvgIpc) is 2.64. The van der Waals surface area contributed by atoms with Gasteiger partial charge in [-0.1, -0.05) is 39.0 Å². The third-order valence-electron chi connectivity index (χ3n) is 3.94. The van der Waals surface area contributed by atoms with Crippen molar-refractivity contribution in [1.29, 1.82) is 0 Å². The maximum Gasteiger partial charge on any atom is 0.251 e. The molecule has 26 heavy (non-hydrogen) atoms. The van der Waals surface area contributed by atoms with Gasteiger partial charge in [0.1, 0.15) is 0 Å². The number of nitrogens with zero attached hydrogens (tertiary/aromatic N) is 1. The molecule has 0 fully saturated rings. The molecule has 6 heteroatoms. The molecule has 1 heterocycles. The Kier molecular flexibility index (Phi) is 6.33. The predicted octanol–water partition coefficient (Wildman–Crippen LogP) is 2.43. The highest BCUT2D eigenvalue weighted by molar-refractivity contribution is 5.96. The van der Waals surface area contributed by atoms with Crippen molar-refractivity contribution in [3.8, 4) is 5.88 Å². The van der Waals surface area contributed by atoms with Crippen molar-refractivity contribution in [1.82, 2.24) is 15.6 Å². The first-order chi connectivity index (χ1) is 12.3. The Hall–Kier alpha value is -2.89. The molecule has 0 aliphatic rings. The summed E-state index contributed by atoms with van der Waals surface area (Å²) in [7, 11) is 1.53. The zero-order valence-electron chi connectivity index (χ0n) is 15.6. The highest BCUT2D eigenvalue weighted by Crippen LogP contribution is 2.22. The molecule has 2 rings (SSSR count). The molecule has 0 saturated heterocycles. The molecule has 2 aromatic rings. The van der Waals surface area contributed by atoms with Crippen LogP contribution in [0, 0.1) is 0 Å². The van der Waals surface area contributed by atoms with E-state index in [1.807, 2.05) is 18.2 Å². The molecule has 0 radical (unpaired) electrons. The average molecular weight is 355 g/mol. The molecule has 0 atom stereocenters. The number of nitrogens with one attached hydrogen (secondary N) is 2. The van der Waals surface area contributed by atoms with Crippen molar-refractivity contribution in [2.75, 3.05) is 13.7 Å². The number of rotatable bonds is 6. The van der Waals surface area contributed by atoms with E-state index < -0.39 is 0 Å². The van der Waals surface area contributed by atoms with Gasteiger partial charge in [-0.05, 0) is 29.2 Å². The lowest BCUT2D eigenvalue weighted by atomic mass is 9.87. The highest BCUT2D eigenvalue weighted by Gasteiger charge is 2.14. The van der Waals surface area contributed by atoms with E-state index in [1.165, 1.54) is 7.11 Å². The molecule has 2 amide bonds. The molecular formula is C20H25N3O3. The summed E-state index contributed by atoms with van der Waals surface area (Å²) >= 11 is 0. The van der Waals surface area contributed by atoms with Crippen molar-refractivity contribution >= 4 is 11.8 Å². The van der Waals surface area contributed by atoms with Crippen LogP contribution >= 0.6 is 0 Å². The lowest BCUT2D eigenvalue weighted by Gasteiger charge is -2.19. The molecule has 0 bridgehead atoms. The summed E-state index contributed by atoms with van der Waals surface area (Å²) < 4.78 is 5.13. The van der Waals surface area contributed by atoms with Crippen LogP contribution in [0.25, 0.3) is 0 Å². The van der Waals surface area contributed by atoms with Gasteiger partial charge in [-0.3, -0.25) is 9.59 Å². The third-order valence-corrected chi connectivity index (χ3v) is 3.94. The van der Waals surface area contributed by atoms with E-state index >= 15 is 0 Å². The largest absolute Gasteiger partial charge is 0.481 e. The van der Waals surface area contributed by atoms with Gasteiger partial charge in [-0.25, -0.2) is 4.98 Å². The molecule has 0 unspecified atom stereocenters. The van der Waals surface area contributed by atoms with Crippen molar-refractivity contribution in [3.05, 3.63) is 59.3 Å². The number of methoxy groups -OCH3 is 1. The predicted molar refractivity (Wildman–Crippen MR) is 100 cm³/mol. The first-order valence-electron chi connectivity index (χ1n) is 8.44. The molecule has 0 spiro atoms. The van der Waals surface area contributed by atoms with Gasteiger partial charge in [0.05, 0.1) is 13.7 Å². The van der Waals surface area contributed by atoms with Crippen molar-refractivity contribution in [2.45, 2.75) is 32.7 Å². The second-order valence-corrected chi connectivity index (χ2v) is 6.96. The van der Waals surface area contributed by atoms with Gasteiger partial charge in [0.25, 0.3) is 5.91 Å². The zero-order chi connectivity index (χ0) is 19.2. The van der Waals surface area contributed by atoms with E-state index in [1.54, 1.807) is 24.4 Å². The number of benzene rings is 1.